The van der Waals surface area contributed by atoms with E-state index in [1.807, 2.05) is 0 Å². The van der Waals surface area contributed by atoms with Crippen LogP contribution in [0.5, 0.6) is 0 Å². The molecule has 10 heavy (non-hydrogen) atoms. The molecule has 1 saturated heterocycles. The van der Waals surface area contributed by atoms with E-state index in [4.69, 9.17) is 4.74 Å². The second-order valence-corrected chi connectivity index (χ2v) is 4.31. The van der Waals surface area contributed by atoms with Crippen molar-refractivity contribution in [3.05, 3.63) is 0 Å². The third-order valence-corrected chi connectivity index (χ3v) is 3.97. The van der Waals surface area contributed by atoms with Crippen LogP contribution in [0.25, 0.3) is 0 Å². The maximum Gasteiger partial charge on any atom is 0.0635 e. The van der Waals surface area contributed by atoms with E-state index in [0.717, 1.165) is 30.3 Å². The van der Waals surface area contributed by atoms with Crippen LogP contribution in [0.4, 0.5) is 0 Å². The Labute approximate surface area is 61.8 Å². The lowest BCUT2D eigenvalue weighted by molar-refractivity contribution is 0.0671. The topological polar surface area (TPSA) is 9.23 Å². The molecular weight excluding hydrogens is 124 g/mol. The van der Waals surface area contributed by atoms with E-state index in [1.165, 1.54) is 12.8 Å². The third-order valence-electron chi connectivity index (χ3n) is 3.97. The van der Waals surface area contributed by atoms with Gasteiger partial charge in [0.25, 0.3) is 0 Å². The largest absolute Gasteiger partial charge is 0.377 e. The summed E-state index contributed by atoms with van der Waals surface area (Å²) < 4.78 is 5.74. The van der Waals surface area contributed by atoms with Crippen LogP contribution in [0.2, 0.25) is 0 Å². The Balaban J connectivity index is 2.00. The first kappa shape index (κ1) is 5.59. The summed E-state index contributed by atoms with van der Waals surface area (Å²) in [6.07, 6.45) is 3.63. The van der Waals surface area contributed by atoms with Gasteiger partial charge in [-0.25, -0.2) is 0 Å². The molecule has 5 atom stereocenters. The maximum atomic E-state index is 5.74. The van der Waals surface area contributed by atoms with Crippen molar-refractivity contribution in [3.63, 3.8) is 0 Å². The van der Waals surface area contributed by atoms with Gasteiger partial charge in [0.05, 0.1) is 12.7 Å². The Bertz CT molecular complexity index is 164. The number of hydrogen-bond acceptors (Lipinski definition) is 1. The molecule has 4 unspecified atom stereocenters. The highest BCUT2D eigenvalue weighted by Gasteiger charge is 2.55. The molecule has 2 saturated carbocycles. The van der Waals surface area contributed by atoms with Gasteiger partial charge in [-0.05, 0) is 36.5 Å². The van der Waals surface area contributed by atoms with Crippen LogP contribution < -0.4 is 0 Å². The summed E-state index contributed by atoms with van der Waals surface area (Å²) in [4.78, 5) is 0. The van der Waals surface area contributed by atoms with Crippen LogP contribution in [0.1, 0.15) is 19.8 Å². The fraction of sp³-hybridized carbons (Fsp3) is 1.00. The van der Waals surface area contributed by atoms with Crippen LogP contribution in [-0.4, -0.2) is 12.7 Å². The van der Waals surface area contributed by atoms with Crippen molar-refractivity contribution in [2.45, 2.75) is 25.9 Å². The molecule has 56 valence electrons. The van der Waals surface area contributed by atoms with Crippen LogP contribution in [0.15, 0.2) is 0 Å². The van der Waals surface area contributed by atoms with Gasteiger partial charge in [0.2, 0.25) is 0 Å². The van der Waals surface area contributed by atoms with Crippen molar-refractivity contribution in [2.75, 3.05) is 6.61 Å². The molecule has 0 spiro atoms. The van der Waals surface area contributed by atoms with Crippen molar-refractivity contribution >= 4 is 0 Å². The molecule has 3 rings (SSSR count). The van der Waals surface area contributed by atoms with E-state index < -0.39 is 0 Å². The smallest absolute Gasteiger partial charge is 0.0635 e. The summed E-state index contributed by atoms with van der Waals surface area (Å²) >= 11 is 0. The van der Waals surface area contributed by atoms with E-state index in [0.29, 0.717) is 6.10 Å². The zero-order valence-corrected chi connectivity index (χ0v) is 6.42. The van der Waals surface area contributed by atoms with E-state index in [1.54, 1.807) is 0 Å². The Morgan fingerprint density at radius 3 is 2.80 bits per heavy atom. The van der Waals surface area contributed by atoms with Gasteiger partial charge in [-0.3, -0.25) is 0 Å². The van der Waals surface area contributed by atoms with E-state index in [-0.39, 0.29) is 0 Å². The highest BCUT2D eigenvalue weighted by Crippen LogP contribution is 2.56. The number of rotatable bonds is 0. The first-order valence-electron chi connectivity index (χ1n) is 4.48. The monoisotopic (exact) mass is 138 g/mol. The van der Waals surface area contributed by atoms with Crippen molar-refractivity contribution < 1.29 is 4.74 Å². The molecule has 0 amide bonds. The van der Waals surface area contributed by atoms with Gasteiger partial charge in [0.1, 0.15) is 0 Å². The van der Waals surface area contributed by atoms with Crippen LogP contribution in [0, 0.1) is 23.7 Å². The quantitative estimate of drug-likeness (QED) is 0.495. The molecule has 1 heterocycles. The average Bonchev–Trinajstić information content (AvgIpc) is 2.43. The van der Waals surface area contributed by atoms with Gasteiger partial charge in [-0.15, -0.1) is 0 Å². The minimum Gasteiger partial charge on any atom is -0.377 e. The lowest BCUT2D eigenvalue weighted by atomic mass is 9.84. The zero-order valence-electron chi connectivity index (χ0n) is 6.42. The van der Waals surface area contributed by atoms with E-state index in [9.17, 15) is 0 Å². The minimum absolute atomic E-state index is 0.670. The highest BCUT2D eigenvalue weighted by atomic mass is 16.5. The second kappa shape index (κ2) is 1.58. The first-order valence-corrected chi connectivity index (χ1v) is 4.48. The number of ether oxygens (including phenoxy) is 1. The molecule has 1 nitrogen and oxygen atoms in total. The van der Waals surface area contributed by atoms with Crippen molar-refractivity contribution in [1.29, 1.82) is 0 Å². The van der Waals surface area contributed by atoms with Gasteiger partial charge in [0, 0.05) is 0 Å². The standard InChI is InChI=1S/C9H14O/c1-5-6-2-7-4-10-9(5)8(7)3-6/h5-9H,2-4H2,1H3/t5-,6?,7?,8?,9?/m0/s1. The Kier molecular flexibility index (Phi) is 0.883. The molecule has 3 aliphatic rings. The molecule has 0 aromatic rings. The van der Waals surface area contributed by atoms with Crippen molar-refractivity contribution in [2.24, 2.45) is 23.7 Å². The molecule has 2 aliphatic carbocycles. The Morgan fingerprint density at radius 1 is 1.20 bits per heavy atom. The predicted octanol–water partition coefficient (Wildman–Crippen LogP) is 1.68. The normalized spacial score (nSPS) is 63.9. The summed E-state index contributed by atoms with van der Waals surface area (Å²) in [7, 11) is 0. The summed E-state index contributed by atoms with van der Waals surface area (Å²) in [5.74, 6) is 3.84. The fourth-order valence-corrected chi connectivity index (χ4v) is 3.39. The summed E-state index contributed by atoms with van der Waals surface area (Å²) in [6.45, 7) is 3.45. The summed E-state index contributed by atoms with van der Waals surface area (Å²) in [6, 6.07) is 0. The van der Waals surface area contributed by atoms with Gasteiger partial charge in [-0.2, -0.15) is 0 Å². The molecule has 0 aromatic carbocycles. The van der Waals surface area contributed by atoms with Crippen LogP contribution in [0.3, 0.4) is 0 Å². The Morgan fingerprint density at radius 2 is 2.10 bits per heavy atom. The molecule has 2 bridgehead atoms. The Hall–Kier alpha value is -0.0400. The van der Waals surface area contributed by atoms with E-state index >= 15 is 0 Å². The molecule has 0 N–H and O–H groups in total. The minimum atomic E-state index is 0.670. The fourth-order valence-electron chi connectivity index (χ4n) is 3.39. The SMILES string of the molecule is C[C@H]1C2CC3COC1C3C2. The first-order chi connectivity index (χ1) is 4.86. The molecular formula is C9H14O. The third kappa shape index (κ3) is 0.460. The zero-order chi connectivity index (χ0) is 6.72. The van der Waals surface area contributed by atoms with Crippen LogP contribution in [-0.2, 0) is 4.74 Å². The number of hydrogen-bond donors (Lipinski definition) is 0. The van der Waals surface area contributed by atoms with Gasteiger partial charge < -0.3 is 4.74 Å². The number of fused-ring (bicyclic) bond motifs is 1. The summed E-state index contributed by atoms with van der Waals surface area (Å²) in [5.41, 5.74) is 0. The second-order valence-electron chi connectivity index (χ2n) is 4.31. The van der Waals surface area contributed by atoms with Crippen molar-refractivity contribution in [3.8, 4) is 0 Å². The maximum absolute atomic E-state index is 5.74. The van der Waals surface area contributed by atoms with Gasteiger partial charge in [0.15, 0.2) is 0 Å². The highest BCUT2D eigenvalue weighted by molar-refractivity contribution is 5.03. The van der Waals surface area contributed by atoms with Gasteiger partial charge >= 0.3 is 0 Å². The van der Waals surface area contributed by atoms with Gasteiger partial charge in [-0.1, -0.05) is 6.92 Å². The molecule has 3 fully saturated rings. The van der Waals surface area contributed by atoms with Crippen LogP contribution >= 0.6 is 0 Å². The predicted molar refractivity (Wildman–Crippen MR) is 38.6 cm³/mol. The average molecular weight is 138 g/mol. The van der Waals surface area contributed by atoms with E-state index in [2.05, 4.69) is 6.92 Å². The summed E-state index contributed by atoms with van der Waals surface area (Å²) in [5, 5.41) is 0. The lowest BCUT2D eigenvalue weighted by Crippen LogP contribution is -2.23. The molecule has 0 radical (unpaired) electrons. The molecule has 0 aromatic heterocycles. The lowest BCUT2D eigenvalue weighted by Gasteiger charge is -2.22. The van der Waals surface area contributed by atoms with Crippen molar-refractivity contribution in [1.82, 2.24) is 0 Å². The molecule has 1 aliphatic heterocycles. The molecule has 1 heteroatoms.